The molecule has 4 N–H and O–H groups in total. The highest BCUT2D eigenvalue weighted by atomic mass is 35.5. The number of carbonyl (C=O) groups excluding carboxylic acids is 3. The van der Waals surface area contributed by atoms with Crippen molar-refractivity contribution >= 4 is 46.5 Å². The van der Waals surface area contributed by atoms with E-state index in [4.69, 9.17) is 22.7 Å². The quantitative estimate of drug-likeness (QED) is 0.268. The smallest absolute Gasteiger partial charge is 0.261 e. The number of fused-ring (bicyclic) bond motifs is 1. The topological polar surface area (TPSA) is 116 Å². The molecule has 1 aromatic carbocycles. The molecule has 1 aliphatic carbocycles. The lowest BCUT2D eigenvalue weighted by Gasteiger charge is -2.26. The molecule has 9 heteroatoms. The Bertz CT molecular complexity index is 1080. The largest absolute Gasteiger partial charge is 0.384 e. The summed E-state index contributed by atoms with van der Waals surface area (Å²) in [5, 5.41) is 10.3. The molecule has 1 aliphatic heterocycles. The van der Waals surface area contributed by atoms with Gasteiger partial charge in [-0.15, -0.1) is 11.3 Å². The average Bonchev–Trinajstić information content (AvgIpc) is 3.29. The predicted molar refractivity (Wildman–Crippen MR) is 119 cm³/mol. The van der Waals surface area contributed by atoms with E-state index in [1.165, 1.54) is 16.2 Å². The number of carbonyl (C=O) groups is 3. The summed E-state index contributed by atoms with van der Waals surface area (Å²) in [6, 6.07) is 9.92. The van der Waals surface area contributed by atoms with Crippen LogP contribution in [-0.2, 0) is 16.0 Å². The van der Waals surface area contributed by atoms with Gasteiger partial charge in [0.15, 0.2) is 0 Å². The van der Waals surface area contributed by atoms with E-state index in [1.54, 1.807) is 30.3 Å². The molecule has 1 fully saturated rings. The van der Waals surface area contributed by atoms with E-state index >= 15 is 0 Å². The Morgan fingerprint density at radius 1 is 1.19 bits per heavy atom. The van der Waals surface area contributed by atoms with Crippen LogP contribution in [-0.4, -0.2) is 41.0 Å². The van der Waals surface area contributed by atoms with Crippen LogP contribution in [0.3, 0.4) is 0 Å². The van der Waals surface area contributed by atoms with Crippen molar-refractivity contribution < 1.29 is 14.4 Å². The maximum Gasteiger partial charge on any atom is 0.261 e. The summed E-state index contributed by atoms with van der Waals surface area (Å²) in [7, 11) is 0. The Morgan fingerprint density at radius 2 is 1.94 bits per heavy atom. The Morgan fingerprint density at radius 3 is 2.58 bits per heavy atom. The van der Waals surface area contributed by atoms with Gasteiger partial charge in [-0.25, -0.2) is 0 Å². The van der Waals surface area contributed by atoms with Gasteiger partial charge in [-0.05, 0) is 30.5 Å². The highest BCUT2D eigenvalue weighted by Gasteiger charge is 2.51. The third-order valence-electron chi connectivity index (χ3n) is 5.67. The van der Waals surface area contributed by atoms with Crippen molar-refractivity contribution in [2.75, 3.05) is 6.54 Å². The normalized spacial score (nSPS) is 22.5. The second kappa shape index (κ2) is 8.64. The number of nitrogens with zero attached hydrogens (tertiary/aromatic N) is 1. The summed E-state index contributed by atoms with van der Waals surface area (Å²) in [5.41, 5.74) is 7.04. The predicted octanol–water partition coefficient (Wildman–Crippen LogP) is 2.59. The number of nitrogens with two attached hydrogens (primary N) is 1. The molecule has 160 valence electrons. The summed E-state index contributed by atoms with van der Waals surface area (Å²) in [4.78, 5) is 40.3. The molecule has 31 heavy (non-hydrogen) atoms. The van der Waals surface area contributed by atoms with Crippen LogP contribution >= 0.6 is 22.9 Å². The van der Waals surface area contributed by atoms with Crippen molar-refractivity contribution in [1.29, 1.82) is 5.41 Å². The minimum absolute atomic E-state index is 0.00840. The highest BCUT2D eigenvalue weighted by Crippen LogP contribution is 2.36. The van der Waals surface area contributed by atoms with Crippen molar-refractivity contribution in [3.05, 3.63) is 68.9 Å². The van der Waals surface area contributed by atoms with Gasteiger partial charge >= 0.3 is 0 Å². The molecule has 0 radical (unpaired) electrons. The van der Waals surface area contributed by atoms with Gasteiger partial charge in [0.05, 0.1) is 27.1 Å². The van der Waals surface area contributed by atoms with E-state index < -0.39 is 17.9 Å². The van der Waals surface area contributed by atoms with Crippen molar-refractivity contribution in [3.8, 4) is 0 Å². The van der Waals surface area contributed by atoms with Gasteiger partial charge in [0.1, 0.15) is 5.84 Å². The number of nitrogen functional groups attached to an aromatic ring is 1. The maximum atomic E-state index is 13.1. The number of rotatable bonds is 6. The number of benzene rings is 1. The molecular weight excluding hydrogens is 436 g/mol. The zero-order valence-corrected chi connectivity index (χ0v) is 18.1. The Hall–Kier alpha value is -2.97. The zero-order valence-electron chi connectivity index (χ0n) is 16.5. The van der Waals surface area contributed by atoms with Gasteiger partial charge in [-0.1, -0.05) is 48.0 Å². The number of halogens is 1. The van der Waals surface area contributed by atoms with E-state index in [0.29, 0.717) is 27.6 Å². The molecule has 3 amide bonds. The Labute approximate surface area is 188 Å². The first-order valence-corrected chi connectivity index (χ1v) is 11.1. The van der Waals surface area contributed by atoms with Crippen LogP contribution in [0, 0.1) is 17.2 Å². The minimum Gasteiger partial charge on any atom is -0.384 e. The number of imide groups is 1. The van der Waals surface area contributed by atoms with E-state index in [-0.39, 0.29) is 30.1 Å². The molecule has 0 saturated carbocycles. The first-order chi connectivity index (χ1) is 14.8. The molecule has 1 saturated heterocycles. The highest BCUT2D eigenvalue weighted by molar-refractivity contribution is 7.18. The van der Waals surface area contributed by atoms with Crippen molar-refractivity contribution in [2.24, 2.45) is 17.6 Å². The summed E-state index contributed by atoms with van der Waals surface area (Å²) in [5.74, 6) is -1.83. The van der Waals surface area contributed by atoms with Crippen LogP contribution in [0.4, 0.5) is 0 Å². The Kier molecular flexibility index (Phi) is 5.93. The monoisotopic (exact) mass is 456 g/mol. The molecule has 0 bridgehead atoms. The summed E-state index contributed by atoms with van der Waals surface area (Å²) >= 11 is 7.08. The number of thiophene rings is 1. The van der Waals surface area contributed by atoms with Crippen LogP contribution < -0.4 is 11.1 Å². The van der Waals surface area contributed by atoms with Crippen LogP contribution in [0.5, 0.6) is 0 Å². The lowest BCUT2D eigenvalue weighted by molar-refractivity contribution is -0.139. The average molecular weight is 457 g/mol. The third-order valence-corrected chi connectivity index (χ3v) is 6.90. The van der Waals surface area contributed by atoms with Gasteiger partial charge in [0, 0.05) is 12.1 Å². The molecule has 1 aromatic heterocycles. The van der Waals surface area contributed by atoms with Gasteiger partial charge in [0.25, 0.3) is 5.91 Å². The number of allylic oxidation sites excluding steroid dienone is 1. The molecule has 2 aliphatic rings. The van der Waals surface area contributed by atoms with Crippen LogP contribution in [0.2, 0.25) is 4.34 Å². The number of amides is 3. The summed E-state index contributed by atoms with van der Waals surface area (Å²) in [6.45, 7) is 0.269. The minimum atomic E-state index is -0.600. The van der Waals surface area contributed by atoms with Gasteiger partial charge in [-0.2, -0.15) is 0 Å². The molecule has 3 unspecified atom stereocenters. The molecule has 3 atom stereocenters. The number of hydrogen-bond acceptors (Lipinski definition) is 5. The van der Waals surface area contributed by atoms with Crippen LogP contribution in [0.1, 0.15) is 27.2 Å². The molecule has 4 rings (SSSR count). The fourth-order valence-corrected chi connectivity index (χ4v) is 5.01. The van der Waals surface area contributed by atoms with E-state index in [2.05, 4.69) is 5.32 Å². The first-order valence-electron chi connectivity index (χ1n) is 9.86. The summed E-state index contributed by atoms with van der Waals surface area (Å²) in [6.07, 6.45) is 4.63. The molecular formula is C22H21ClN4O3S. The van der Waals surface area contributed by atoms with Crippen molar-refractivity contribution in [2.45, 2.75) is 18.9 Å². The molecule has 7 nitrogen and oxygen atoms in total. The summed E-state index contributed by atoms with van der Waals surface area (Å²) < 4.78 is 0.511. The zero-order chi connectivity index (χ0) is 22.1. The van der Waals surface area contributed by atoms with E-state index in [1.807, 2.05) is 18.2 Å². The molecule has 0 spiro atoms. The van der Waals surface area contributed by atoms with E-state index in [9.17, 15) is 14.4 Å². The lowest BCUT2D eigenvalue weighted by atomic mass is 9.81. The second-order valence-electron chi connectivity index (χ2n) is 7.59. The van der Waals surface area contributed by atoms with Crippen molar-refractivity contribution in [3.63, 3.8) is 0 Å². The molecule has 2 aromatic rings. The van der Waals surface area contributed by atoms with Crippen LogP contribution in [0.15, 0.2) is 48.6 Å². The molecule has 2 heterocycles. The van der Waals surface area contributed by atoms with E-state index in [0.717, 1.165) is 5.56 Å². The Balaban J connectivity index is 1.44. The van der Waals surface area contributed by atoms with Gasteiger partial charge in [0.2, 0.25) is 11.8 Å². The number of hydrogen-bond donors (Lipinski definition) is 3. The maximum absolute atomic E-state index is 13.1. The fourth-order valence-electron chi connectivity index (χ4n) is 4.07. The van der Waals surface area contributed by atoms with Gasteiger partial charge < -0.3 is 11.1 Å². The number of likely N-dealkylation sites (tertiary alicyclic amines) is 1. The SMILES string of the molecule is N=C(N)c1ccc(CCN2C(=O)C3CC=CC(NC(=O)c4ccc(Cl)s4)C3C2=O)cc1. The standard InChI is InChI=1S/C22H21ClN4O3S/c23-17-9-8-16(31-17)20(28)26-15-3-1-2-14-18(15)22(30)27(21(14)29)11-10-12-4-6-13(7-5-12)19(24)25/h1,3-9,14-15,18H,2,10-11H2,(H3,24,25)(H,26,28). The number of nitrogens with one attached hydrogen (secondary N) is 2. The van der Waals surface area contributed by atoms with Crippen molar-refractivity contribution in [1.82, 2.24) is 10.2 Å². The third kappa shape index (κ3) is 4.26. The number of amidine groups is 1. The first kappa shape index (κ1) is 21.3. The lowest BCUT2D eigenvalue weighted by Crippen LogP contribution is -2.45. The van der Waals surface area contributed by atoms with Crippen LogP contribution in [0.25, 0.3) is 0 Å². The fraction of sp³-hybridized carbons (Fsp3) is 0.273. The second-order valence-corrected chi connectivity index (χ2v) is 9.30. The van der Waals surface area contributed by atoms with Gasteiger partial charge in [-0.3, -0.25) is 24.7 Å².